The number of carbonyl (C=O) groups excluding carboxylic acids is 4. The number of ether oxygens (including phenoxy) is 2. The van der Waals surface area contributed by atoms with Crippen molar-refractivity contribution in [2.24, 2.45) is 0 Å². The SMILES string of the molecule is Cc1ccc(OCC(=O)O[C@H](C)C(=O)NCCN2C(=O)CSC2=O)c(C)c1. The second-order valence-corrected chi connectivity index (χ2v) is 7.01. The Bertz CT molecular complexity index is 735. The van der Waals surface area contributed by atoms with Crippen LogP contribution in [-0.4, -0.2) is 59.5 Å². The molecule has 0 aliphatic carbocycles. The van der Waals surface area contributed by atoms with E-state index in [1.54, 1.807) is 6.07 Å². The molecule has 2 rings (SSSR count). The van der Waals surface area contributed by atoms with Crippen LogP contribution < -0.4 is 10.1 Å². The van der Waals surface area contributed by atoms with E-state index in [2.05, 4.69) is 5.32 Å². The molecule has 1 atom stereocenters. The predicted octanol–water partition coefficient (Wildman–Crippen LogP) is 1.43. The van der Waals surface area contributed by atoms with Gasteiger partial charge < -0.3 is 14.8 Å². The van der Waals surface area contributed by atoms with E-state index in [0.29, 0.717) is 5.75 Å². The van der Waals surface area contributed by atoms with Gasteiger partial charge in [-0.2, -0.15) is 0 Å². The molecule has 1 aliphatic heterocycles. The third-order valence-corrected chi connectivity index (χ3v) is 4.69. The van der Waals surface area contributed by atoms with Gasteiger partial charge in [-0.25, -0.2) is 4.79 Å². The van der Waals surface area contributed by atoms with E-state index >= 15 is 0 Å². The molecular formula is C18H22N2O6S. The molecule has 9 heteroatoms. The molecule has 1 aromatic rings. The van der Waals surface area contributed by atoms with Crippen LogP contribution in [0.5, 0.6) is 5.75 Å². The minimum atomic E-state index is -1.01. The van der Waals surface area contributed by atoms with Crippen molar-refractivity contribution in [2.75, 3.05) is 25.4 Å². The Morgan fingerprint density at radius 1 is 1.30 bits per heavy atom. The average Bonchev–Trinajstić information content (AvgIpc) is 2.92. The van der Waals surface area contributed by atoms with Gasteiger partial charge in [-0.3, -0.25) is 19.3 Å². The molecule has 8 nitrogen and oxygen atoms in total. The Balaban J connectivity index is 1.70. The standard InChI is InChI=1S/C18H22N2O6S/c1-11-4-5-14(12(2)8-11)25-9-16(22)26-13(3)17(23)19-6-7-20-15(21)10-27-18(20)24/h4-5,8,13H,6-7,9-10H2,1-3H3,(H,19,23)/t13-/m1/s1. The van der Waals surface area contributed by atoms with E-state index < -0.39 is 18.0 Å². The topological polar surface area (TPSA) is 102 Å². The van der Waals surface area contributed by atoms with Crippen molar-refractivity contribution in [3.05, 3.63) is 29.3 Å². The first-order chi connectivity index (χ1) is 12.8. The molecule has 1 saturated heterocycles. The van der Waals surface area contributed by atoms with Crippen LogP contribution in [0.1, 0.15) is 18.1 Å². The number of hydrogen-bond donors (Lipinski definition) is 1. The molecule has 0 aromatic heterocycles. The summed E-state index contributed by atoms with van der Waals surface area (Å²) in [5.41, 5.74) is 1.99. The number of benzene rings is 1. The lowest BCUT2D eigenvalue weighted by Gasteiger charge is -2.16. The lowest BCUT2D eigenvalue weighted by Crippen LogP contribution is -2.42. The summed E-state index contributed by atoms with van der Waals surface area (Å²) in [4.78, 5) is 47.8. The van der Waals surface area contributed by atoms with E-state index in [4.69, 9.17) is 9.47 Å². The summed E-state index contributed by atoms with van der Waals surface area (Å²) in [7, 11) is 0. The molecule has 1 fully saturated rings. The summed E-state index contributed by atoms with van der Waals surface area (Å²) in [5.74, 6) is -0.753. The average molecular weight is 394 g/mol. The first-order valence-electron chi connectivity index (χ1n) is 8.42. The highest BCUT2D eigenvalue weighted by atomic mass is 32.2. The zero-order chi connectivity index (χ0) is 20.0. The Morgan fingerprint density at radius 2 is 2.04 bits per heavy atom. The van der Waals surface area contributed by atoms with E-state index in [-0.39, 0.29) is 36.6 Å². The lowest BCUT2D eigenvalue weighted by atomic mass is 10.1. The van der Waals surface area contributed by atoms with Crippen molar-refractivity contribution >= 4 is 34.8 Å². The maximum absolute atomic E-state index is 12.0. The van der Waals surface area contributed by atoms with Gasteiger partial charge >= 0.3 is 5.97 Å². The van der Waals surface area contributed by atoms with Gasteiger partial charge in [0.1, 0.15) is 5.75 Å². The van der Waals surface area contributed by atoms with Crippen LogP contribution in [0, 0.1) is 13.8 Å². The number of aryl methyl sites for hydroxylation is 2. The first-order valence-corrected chi connectivity index (χ1v) is 9.41. The lowest BCUT2D eigenvalue weighted by molar-refractivity contribution is -0.156. The third kappa shape index (κ3) is 5.99. The summed E-state index contributed by atoms with van der Waals surface area (Å²) in [5, 5.41) is 2.21. The van der Waals surface area contributed by atoms with E-state index in [1.807, 2.05) is 26.0 Å². The van der Waals surface area contributed by atoms with E-state index in [9.17, 15) is 19.2 Å². The Hall–Kier alpha value is -2.55. The molecule has 0 saturated carbocycles. The fourth-order valence-electron chi connectivity index (χ4n) is 2.41. The van der Waals surface area contributed by atoms with Gasteiger partial charge in [-0.15, -0.1) is 0 Å². The van der Waals surface area contributed by atoms with Gasteiger partial charge in [-0.05, 0) is 32.4 Å². The zero-order valence-electron chi connectivity index (χ0n) is 15.4. The maximum Gasteiger partial charge on any atom is 0.344 e. The van der Waals surface area contributed by atoms with E-state index in [1.165, 1.54) is 6.92 Å². The fraction of sp³-hybridized carbons (Fsp3) is 0.444. The molecule has 27 heavy (non-hydrogen) atoms. The number of nitrogens with one attached hydrogen (secondary N) is 1. The monoisotopic (exact) mass is 394 g/mol. The minimum absolute atomic E-state index is 0.0902. The molecule has 1 heterocycles. The normalized spacial score (nSPS) is 14.9. The Morgan fingerprint density at radius 3 is 2.67 bits per heavy atom. The molecule has 1 aliphatic rings. The number of esters is 1. The number of hydrogen-bond acceptors (Lipinski definition) is 7. The maximum atomic E-state index is 12.0. The summed E-state index contributed by atoms with van der Waals surface area (Å²) >= 11 is 0.934. The summed E-state index contributed by atoms with van der Waals surface area (Å²) in [6, 6.07) is 5.58. The zero-order valence-corrected chi connectivity index (χ0v) is 16.3. The number of imide groups is 1. The first kappa shape index (κ1) is 20.8. The van der Waals surface area contributed by atoms with E-state index in [0.717, 1.165) is 27.8 Å². The van der Waals surface area contributed by atoms with Crippen LogP contribution in [0.15, 0.2) is 18.2 Å². The molecule has 3 amide bonds. The highest BCUT2D eigenvalue weighted by Gasteiger charge is 2.29. The molecule has 0 spiro atoms. The molecule has 146 valence electrons. The van der Waals surface area contributed by atoms with Gasteiger partial charge in [0, 0.05) is 13.1 Å². The molecule has 0 unspecified atom stereocenters. The second kappa shape index (κ2) is 9.40. The van der Waals surface area contributed by atoms with Crippen LogP contribution in [0.25, 0.3) is 0 Å². The Kier molecular flexibility index (Phi) is 7.23. The number of amides is 3. The number of nitrogens with zero attached hydrogens (tertiary/aromatic N) is 1. The van der Waals surface area contributed by atoms with Gasteiger partial charge in [0.15, 0.2) is 12.7 Å². The smallest absolute Gasteiger partial charge is 0.344 e. The number of carbonyl (C=O) groups is 4. The van der Waals surface area contributed by atoms with Crippen LogP contribution >= 0.6 is 11.8 Å². The van der Waals surface area contributed by atoms with Crippen molar-refractivity contribution in [3.63, 3.8) is 0 Å². The summed E-state index contributed by atoms with van der Waals surface area (Å²) < 4.78 is 10.5. The third-order valence-electron chi connectivity index (χ3n) is 3.83. The molecule has 0 bridgehead atoms. The van der Waals surface area contributed by atoms with Crippen molar-refractivity contribution in [3.8, 4) is 5.75 Å². The van der Waals surface area contributed by atoms with Gasteiger partial charge in [0.2, 0.25) is 5.91 Å². The second-order valence-electron chi connectivity index (χ2n) is 6.08. The van der Waals surface area contributed by atoms with Crippen LogP contribution in [0.2, 0.25) is 0 Å². The molecule has 0 radical (unpaired) electrons. The van der Waals surface area contributed by atoms with Gasteiger partial charge in [-0.1, -0.05) is 29.5 Å². The van der Waals surface area contributed by atoms with Gasteiger partial charge in [0.25, 0.3) is 11.1 Å². The number of rotatable bonds is 8. The number of thioether (sulfide) groups is 1. The highest BCUT2D eigenvalue weighted by Crippen LogP contribution is 2.19. The van der Waals surface area contributed by atoms with Crippen LogP contribution in [-0.2, 0) is 19.1 Å². The largest absolute Gasteiger partial charge is 0.482 e. The summed E-state index contributed by atoms with van der Waals surface area (Å²) in [6.45, 7) is 5.14. The van der Waals surface area contributed by atoms with Crippen molar-refractivity contribution in [1.29, 1.82) is 0 Å². The van der Waals surface area contributed by atoms with Crippen molar-refractivity contribution in [1.82, 2.24) is 10.2 Å². The van der Waals surface area contributed by atoms with Crippen LogP contribution in [0.4, 0.5) is 4.79 Å². The highest BCUT2D eigenvalue weighted by molar-refractivity contribution is 8.14. The van der Waals surface area contributed by atoms with Crippen LogP contribution in [0.3, 0.4) is 0 Å². The predicted molar refractivity (Wildman–Crippen MR) is 99.5 cm³/mol. The van der Waals surface area contributed by atoms with Gasteiger partial charge in [0.05, 0.1) is 5.75 Å². The molecular weight excluding hydrogens is 372 g/mol. The minimum Gasteiger partial charge on any atom is -0.482 e. The Labute approximate surface area is 161 Å². The quantitative estimate of drug-likeness (QED) is 0.666. The van der Waals surface area contributed by atoms with Crippen molar-refractivity contribution in [2.45, 2.75) is 26.9 Å². The summed E-state index contributed by atoms with van der Waals surface area (Å²) in [6.07, 6.45) is -1.01. The molecule has 1 aromatic carbocycles. The molecule has 1 N–H and O–H groups in total. The fourth-order valence-corrected chi connectivity index (χ4v) is 3.17. The van der Waals surface area contributed by atoms with Crippen molar-refractivity contribution < 1.29 is 28.7 Å².